The summed E-state index contributed by atoms with van der Waals surface area (Å²) < 4.78 is 1.67. The van der Waals surface area contributed by atoms with Crippen molar-refractivity contribution in [3.63, 3.8) is 0 Å². The van der Waals surface area contributed by atoms with Gasteiger partial charge >= 0.3 is 0 Å². The third kappa shape index (κ3) is 3.41. The molecule has 0 amide bonds. The van der Waals surface area contributed by atoms with E-state index in [-0.39, 0.29) is 16.9 Å². The van der Waals surface area contributed by atoms with Crippen molar-refractivity contribution >= 4 is 51.0 Å². The number of nitrogens with zero attached hydrogens (tertiary/aromatic N) is 4. The van der Waals surface area contributed by atoms with E-state index in [0.29, 0.717) is 27.4 Å². The van der Waals surface area contributed by atoms with Crippen molar-refractivity contribution in [2.24, 2.45) is 0 Å². The highest BCUT2D eigenvalue weighted by molar-refractivity contribution is 6.35. The van der Waals surface area contributed by atoms with Crippen molar-refractivity contribution < 1.29 is 0 Å². The lowest BCUT2D eigenvalue weighted by Crippen LogP contribution is -2.26. The maximum absolute atomic E-state index is 13.5. The third-order valence-corrected chi connectivity index (χ3v) is 5.58. The lowest BCUT2D eigenvalue weighted by molar-refractivity contribution is 0.774. The van der Waals surface area contributed by atoms with Crippen LogP contribution in [0.1, 0.15) is 18.7 Å². The summed E-state index contributed by atoms with van der Waals surface area (Å²) in [6, 6.07) is 16.5. The number of anilines is 1. The Labute approximate surface area is 186 Å². The number of para-hydroxylation sites is 1. The average Bonchev–Trinajstić information content (AvgIpc) is 3.22. The molecular weight excluding hydrogens is 435 g/mol. The summed E-state index contributed by atoms with van der Waals surface area (Å²) >= 11 is 12.5. The largest absolute Gasteiger partial charge is 0.360 e. The Balaban J connectivity index is 1.71. The molecule has 3 heterocycles. The highest BCUT2D eigenvalue weighted by Crippen LogP contribution is 2.28. The topological polar surface area (TPSA) is 88.5 Å². The van der Waals surface area contributed by atoms with Gasteiger partial charge in [0, 0.05) is 11.4 Å². The number of aromatic nitrogens is 5. The number of rotatable bonds is 4. The monoisotopic (exact) mass is 450 g/mol. The van der Waals surface area contributed by atoms with Crippen molar-refractivity contribution in [2.45, 2.75) is 13.0 Å². The number of hydrogen-bond donors (Lipinski definition) is 2. The van der Waals surface area contributed by atoms with Gasteiger partial charge in [-0.3, -0.25) is 9.36 Å². The Morgan fingerprint density at radius 3 is 2.68 bits per heavy atom. The van der Waals surface area contributed by atoms with E-state index in [2.05, 4.69) is 25.3 Å². The zero-order chi connectivity index (χ0) is 21.5. The average molecular weight is 451 g/mol. The van der Waals surface area contributed by atoms with Gasteiger partial charge < -0.3 is 10.3 Å². The van der Waals surface area contributed by atoms with Crippen molar-refractivity contribution in [3.8, 4) is 5.69 Å². The first-order valence-electron chi connectivity index (χ1n) is 9.55. The summed E-state index contributed by atoms with van der Waals surface area (Å²) in [6.45, 7) is 1.95. The Morgan fingerprint density at radius 1 is 1.06 bits per heavy atom. The van der Waals surface area contributed by atoms with Crippen LogP contribution in [0.25, 0.3) is 27.6 Å². The Morgan fingerprint density at radius 2 is 1.87 bits per heavy atom. The normalized spacial score (nSPS) is 12.4. The summed E-state index contributed by atoms with van der Waals surface area (Å²) in [5.74, 6) is 0.498. The minimum absolute atomic E-state index is 0.0834. The lowest BCUT2D eigenvalue weighted by Gasteiger charge is -2.21. The van der Waals surface area contributed by atoms with Crippen LogP contribution >= 0.6 is 23.2 Å². The van der Waals surface area contributed by atoms with E-state index in [4.69, 9.17) is 23.2 Å². The van der Waals surface area contributed by atoms with Gasteiger partial charge in [-0.1, -0.05) is 41.9 Å². The minimum atomic E-state index is -0.311. The van der Waals surface area contributed by atoms with E-state index in [1.54, 1.807) is 10.6 Å². The molecule has 3 aromatic heterocycles. The highest BCUT2D eigenvalue weighted by Gasteiger charge is 2.19. The number of pyridine rings is 1. The maximum Gasteiger partial charge on any atom is 0.264 e. The standard InChI is InChI=1S/C22H16Cl2N6O/c1-12(27-20-18-19(26-11-25-18)28-22(24)29-20)16-10-13-6-5-9-15(23)17(13)21(31)30(16)14-7-3-2-4-8-14/h2-12H,1H3,(H2,25,26,27,28,29). The molecule has 7 nitrogen and oxygen atoms in total. The van der Waals surface area contributed by atoms with Crippen LogP contribution in [0, 0.1) is 0 Å². The van der Waals surface area contributed by atoms with Crippen molar-refractivity contribution in [1.82, 2.24) is 24.5 Å². The number of hydrogen-bond acceptors (Lipinski definition) is 5. The van der Waals surface area contributed by atoms with E-state index in [9.17, 15) is 4.79 Å². The number of halogens is 2. The van der Waals surface area contributed by atoms with E-state index in [1.807, 2.05) is 55.5 Å². The molecule has 31 heavy (non-hydrogen) atoms. The van der Waals surface area contributed by atoms with E-state index in [0.717, 1.165) is 16.8 Å². The van der Waals surface area contributed by atoms with E-state index in [1.165, 1.54) is 6.33 Å². The fraction of sp³-hybridized carbons (Fsp3) is 0.0909. The summed E-state index contributed by atoms with van der Waals surface area (Å²) in [5.41, 5.74) is 2.39. The van der Waals surface area contributed by atoms with Gasteiger partial charge in [-0.05, 0) is 48.2 Å². The van der Waals surface area contributed by atoms with Gasteiger partial charge in [0.25, 0.3) is 5.56 Å². The molecular formula is C22H16Cl2N6O. The van der Waals surface area contributed by atoms with E-state index >= 15 is 0 Å². The molecule has 0 aliphatic heterocycles. The van der Waals surface area contributed by atoms with Gasteiger partial charge in [-0.15, -0.1) is 0 Å². The molecule has 5 rings (SSSR count). The minimum Gasteiger partial charge on any atom is -0.360 e. The molecule has 0 bridgehead atoms. The van der Waals surface area contributed by atoms with Crippen LogP contribution in [-0.2, 0) is 0 Å². The first-order valence-corrected chi connectivity index (χ1v) is 10.3. The second kappa shape index (κ2) is 7.68. The number of imidazole rings is 1. The zero-order valence-corrected chi connectivity index (χ0v) is 17.8. The van der Waals surface area contributed by atoms with Crippen LogP contribution in [0.2, 0.25) is 10.3 Å². The fourth-order valence-electron chi connectivity index (χ4n) is 3.69. The van der Waals surface area contributed by atoms with Crippen LogP contribution in [0.4, 0.5) is 5.82 Å². The van der Waals surface area contributed by atoms with Gasteiger partial charge in [0.15, 0.2) is 11.5 Å². The molecule has 2 N–H and O–H groups in total. The molecule has 0 saturated carbocycles. The zero-order valence-electron chi connectivity index (χ0n) is 16.3. The summed E-state index contributed by atoms with van der Waals surface area (Å²) in [4.78, 5) is 29.1. The molecule has 5 aromatic rings. The van der Waals surface area contributed by atoms with Crippen molar-refractivity contribution in [2.75, 3.05) is 5.32 Å². The van der Waals surface area contributed by atoms with Gasteiger partial charge in [0.05, 0.1) is 22.8 Å². The smallest absolute Gasteiger partial charge is 0.264 e. The highest BCUT2D eigenvalue weighted by atomic mass is 35.5. The molecule has 154 valence electrons. The molecule has 1 atom stereocenters. The molecule has 2 aromatic carbocycles. The molecule has 0 aliphatic carbocycles. The van der Waals surface area contributed by atoms with Crippen LogP contribution < -0.4 is 10.9 Å². The number of aromatic amines is 1. The molecule has 1 unspecified atom stereocenters. The Bertz CT molecular complexity index is 1480. The number of H-pyrrole nitrogens is 1. The number of fused-ring (bicyclic) bond motifs is 2. The Kier molecular flexibility index (Phi) is 4.84. The summed E-state index contributed by atoms with van der Waals surface area (Å²) in [6.07, 6.45) is 1.53. The van der Waals surface area contributed by atoms with Crippen LogP contribution in [0.3, 0.4) is 0 Å². The Hall–Kier alpha value is -3.42. The fourth-order valence-corrected chi connectivity index (χ4v) is 4.12. The summed E-state index contributed by atoms with van der Waals surface area (Å²) in [7, 11) is 0. The molecule has 9 heteroatoms. The van der Waals surface area contributed by atoms with Crippen molar-refractivity contribution in [1.29, 1.82) is 0 Å². The van der Waals surface area contributed by atoms with Crippen LogP contribution in [-0.4, -0.2) is 24.5 Å². The first-order chi connectivity index (χ1) is 15.0. The van der Waals surface area contributed by atoms with Gasteiger partial charge in [0.2, 0.25) is 5.28 Å². The SMILES string of the molecule is CC(Nc1nc(Cl)nc2nc[nH]c12)c1cc2cccc(Cl)c2c(=O)n1-c1ccccc1. The lowest BCUT2D eigenvalue weighted by atomic mass is 10.1. The van der Waals surface area contributed by atoms with E-state index < -0.39 is 0 Å². The maximum atomic E-state index is 13.5. The quantitative estimate of drug-likeness (QED) is 0.370. The molecule has 0 aliphatic rings. The summed E-state index contributed by atoms with van der Waals surface area (Å²) in [5, 5.41) is 5.09. The van der Waals surface area contributed by atoms with Crippen LogP contribution in [0.15, 0.2) is 65.7 Å². The molecule has 0 saturated heterocycles. The number of benzene rings is 2. The molecule has 0 spiro atoms. The molecule has 0 fully saturated rings. The second-order valence-electron chi connectivity index (χ2n) is 7.06. The predicted octanol–water partition coefficient (Wildman–Crippen LogP) is 5.14. The van der Waals surface area contributed by atoms with Gasteiger partial charge in [0.1, 0.15) is 5.52 Å². The van der Waals surface area contributed by atoms with Gasteiger partial charge in [-0.2, -0.15) is 9.97 Å². The third-order valence-electron chi connectivity index (χ3n) is 5.09. The van der Waals surface area contributed by atoms with Gasteiger partial charge in [-0.25, -0.2) is 4.98 Å². The van der Waals surface area contributed by atoms with Crippen LogP contribution in [0.5, 0.6) is 0 Å². The number of nitrogens with one attached hydrogen (secondary N) is 2. The second-order valence-corrected chi connectivity index (χ2v) is 7.80. The first kappa shape index (κ1) is 19.5. The molecule has 0 radical (unpaired) electrons. The predicted molar refractivity (Wildman–Crippen MR) is 123 cm³/mol. The van der Waals surface area contributed by atoms with Crippen molar-refractivity contribution in [3.05, 3.63) is 87.3 Å².